The predicted molar refractivity (Wildman–Crippen MR) is 59.8 cm³/mol. The van der Waals surface area contributed by atoms with Crippen LogP contribution < -0.4 is 5.32 Å². The molecule has 0 atom stereocenters. The van der Waals surface area contributed by atoms with Crippen LogP contribution in [0.3, 0.4) is 0 Å². The molecule has 88 valence electrons. The van der Waals surface area contributed by atoms with Gasteiger partial charge in [-0.25, -0.2) is 4.79 Å². The number of hydrogen-bond donors (Lipinski definition) is 1. The van der Waals surface area contributed by atoms with E-state index in [1.165, 1.54) is 0 Å². The zero-order chi connectivity index (χ0) is 11.4. The molecule has 4 heteroatoms. The normalized spacial score (nSPS) is 10.8. The summed E-state index contributed by atoms with van der Waals surface area (Å²) < 4.78 is 9.81. The van der Waals surface area contributed by atoms with Gasteiger partial charge in [0.25, 0.3) is 0 Å². The van der Waals surface area contributed by atoms with Gasteiger partial charge in [0, 0.05) is 6.54 Å². The van der Waals surface area contributed by atoms with Crippen molar-refractivity contribution >= 4 is 5.97 Å². The van der Waals surface area contributed by atoms with Crippen LogP contribution in [-0.2, 0) is 14.3 Å². The lowest BCUT2D eigenvalue weighted by molar-refractivity contribution is -0.148. The minimum Gasteiger partial charge on any atom is -0.464 e. The van der Waals surface area contributed by atoms with Gasteiger partial charge in [0.1, 0.15) is 6.61 Å². The molecule has 0 aromatic rings. The molecule has 0 aliphatic carbocycles. The Labute approximate surface area is 91.6 Å². The summed E-state index contributed by atoms with van der Waals surface area (Å²) in [6.07, 6.45) is 5.15. The van der Waals surface area contributed by atoms with Crippen molar-refractivity contribution in [3.63, 3.8) is 0 Å². The van der Waals surface area contributed by atoms with Crippen molar-refractivity contribution < 1.29 is 14.3 Å². The van der Waals surface area contributed by atoms with Crippen LogP contribution in [0.2, 0.25) is 0 Å². The van der Waals surface area contributed by atoms with Gasteiger partial charge in [-0.3, -0.25) is 0 Å². The molecule has 0 saturated heterocycles. The molecule has 0 spiro atoms. The summed E-state index contributed by atoms with van der Waals surface area (Å²) in [7, 11) is 0. The van der Waals surface area contributed by atoms with Crippen LogP contribution in [0.25, 0.3) is 0 Å². The lowest BCUT2D eigenvalue weighted by atomic mass is 10.4. The summed E-state index contributed by atoms with van der Waals surface area (Å²) in [6, 6.07) is 0. The summed E-state index contributed by atoms with van der Waals surface area (Å²) in [5, 5.41) is 3.20. The highest BCUT2D eigenvalue weighted by atomic mass is 16.6. The average Bonchev–Trinajstić information content (AvgIpc) is 2.22. The number of nitrogens with one attached hydrogen (secondary N) is 1. The number of carbonyl (C=O) groups excluding carboxylic acids is 1. The Morgan fingerprint density at radius 3 is 2.87 bits per heavy atom. The molecule has 0 aliphatic heterocycles. The molecule has 0 radical (unpaired) electrons. The Kier molecular flexibility index (Phi) is 10.6. The van der Waals surface area contributed by atoms with Crippen molar-refractivity contribution in [3.05, 3.63) is 12.2 Å². The van der Waals surface area contributed by atoms with E-state index in [-0.39, 0.29) is 12.6 Å². The van der Waals surface area contributed by atoms with E-state index in [1.54, 1.807) is 6.92 Å². The second kappa shape index (κ2) is 11.2. The number of carbonyl (C=O) groups is 1. The van der Waals surface area contributed by atoms with Crippen LogP contribution in [0.5, 0.6) is 0 Å². The zero-order valence-electron chi connectivity index (χ0n) is 9.62. The van der Waals surface area contributed by atoms with Gasteiger partial charge in [-0.15, -0.1) is 0 Å². The Hall–Kier alpha value is -0.870. The largest absolute Gasteiger partial charge is 0.464 e. The molecule has 0 bridgehead atoms. The molecule has 0 saturated carbocycles. The van der Waals surface area contributed by atoms with Crippen LogP contribution >= 0.6 is 0 Å². The van der Waals surface area contributed by atoms with E-state index in [1.807, 2.05) is 13.0 Å². The SMILES string of the molecule is C/C=C/CCNCCOCC(=O)OCC. The van der Waals surface area contributed by atoms with Crippen LogP contribution in [0.4, 0.5) is 0 Å². The third-order valence-electron chi connectivity index (χ3n) is 1.67. The van der Waals surface area contributed by atoms with E-state index >= 15 is 0 Å². The number of esters is 1. The average molecular weight is 215 g/mol. The molecule has 4 nitrogen and oxygen atoms in total. The summed E-state index contributed by atoms with van der Waals surface area (Å²) in [4.78, 5) is 10.8. The maximum absolute atomic E-state index is 10.8. The molecule has 0 rings (SSSR count). The minimum absolute atomic E-state index is 0.0460. The number of ether oxygens (including phenoxy) is 2. The maximum atomic E-state index is 10.8. The van der Waals surface area contributed by atoms with E-state index in [0.29, 0.717) is 13.2 Å². The van der Waals surface area contributed by atoms with Crippen LogP contribution in [0, 0.1) is 0 Å². The lowest BCUT2D eigenvalue weighted by Crippen LogP contribution is -2.22. The lowest BCUT2D eigenvalue weighted by Gasteiger charge is -2.04. The van der Waals surface area contributed by atoms with Gasteiger partial charge in [-0.05, 0) is 26.8 Å². The summed E-state index contributed by atoms with van der Waals surface area (Å²) in [6.45, 7) is 6.47. The van der Waals surface area contributed by atoms with Gasteiger partial charge in [0.2, 0.25) is 0 Å². The smallest absolute Gasteiger partial charge is 0.332 e. The first-order valence-corrected chi connectivity index (χ1v) is 5.36. The topological polar surface area (TPSA) is 47.6 Å². The standard InChI is InChI=1S/C11H21NO3/c1-3-5-6-7-12-8-9-14-10-11(13)15-4-2/h3,5,12H,4,6-10H2,1-2H3/b5-3+. The second-order valence-electron chi connectivity index (χ2n) is 2.97. The van der Waals surface area contributed by atoms with E-state index in [4.69, 9.17) is 9.47 Å². The van der Waals surface area contributed by atoms with Crippen molar-refractivity contribution in [1.29, 1.82) is 0 Å². The quantitative estimate of drug-likeness (QED) is 0.356. The molecule has 1 N–H and O–H groups in total. The molecule has 15 heavy (non-hydrogen) atoms. The van der Waals surface area contributed by atoms with Gasteiger partial charge in [-0.1, -0.05) is 12.2 Å². The van der Waals surface area contributed by atoms with E-state index in [2.05, 4.69) is 11.4 Å². The highest BCUT2D eigenvalue weighted by molar-refractivity contribution is 5.70. The molecule has 0 aromatic heterocycles. The molecule has 0 fully saturated rings. The van der Waals surface area contributed by atoms with Crippen molar-refractivity contribution in [2.45, 2.75) is 20.3 Å². The first kappa shape index (κ1) is 14.1. The van der Waals surface area contributed by atoms with E-state index in [9.17, 15) is 4.79 Å². The highest BCUT2D eigenvalue weighted by Gasteiger charge is 1.99. The van der Waals surface area contributed by atoms with E-state index in [0.717, 1.165) is 19.5 Å². The van der Waals surface area contributed by atoms with Gasteiger partial charge in [0.05, 0.1) is 13.2 Å². The third-order valence-corrected chi connectivity index (χ3v) is 1.67. The second-order valence-corrected chi connectivity index (χ2v) is 2.97. The number of hydrogen-bond acceptors (Lipinski definition) is 4. The zero-order valence-corrected chi connectivity index (χ0v) is 9.62. The Morgan fingerprint density at radius 1 is 1.40 bits per heavy atom. The van der Waals surface area contributed by atoms with Crippen LogP contribution in [0.15, 0.2) is 12.2 Å². The number of rotatable bonds is 9. The molecule has 0 heterocycles. The van der Waals surface area contributed by atoms with E-state index < -0.39 is 0 Å². The molecule has 0 amide bonds. The van der Waals surface area contributed by atoms with Crippen molar-refractivity contribution in [1.82, 2.24) is 5.32 Å². The first-order valence-electron chi connectivity index (χ1n) is 5.36. The molecular weight excluding hydrogens is 194 g/mol. The van der Waals surface area contributed by atoms with Gasteiger partial charge in [0.15, 0.2) is 0 Å². The summed E-state index contributed by atoms with van der Waals surface area (Å²) in [5.41, 5.74) is 0. The third kappa shape index (κ3) is 11.1. The summed E-state index contributed by atoms with van der Waals surface area (Å²) >= 11 is 0. The minimum atomic E-state index is -0.300. The van der Waals surface area contributed by atoms with Crippen molar-refractivity contribution in [2.75, 3.05) is 32.9 Å². The first-order chi connectivity index (χ1) is 7.31. The molecular formula is C11H21NO3. The molecule has 0 aliphatic rings. The molecule has 0 aromatic carbocycles. The fourth-order valence-electron chi connectivity index (χ4n) is 0.980. The van der Waals surface area contributed by atoms with Gasteiger partial charge in [-0.2, -0.15) is 0 Å². The van der Waals surface area contributed by atoms with Crippen LogP contribution in [0.1, 0.15) is 20.3 Å². The van der Waals surface area contributed by atoms with Gasteiger partial charge < -0.3 is 14.8 Å². The highest BCUT2D eigenvalue weighted by Crippen LogP contribution is 1.82. The summed E-state index contributed by atoms with van der Waals surface area (Å²) in [5.74, 6) is -0.300. The fraction of sp³-hybridized carbons (Fsp3) is 0.727. The van der Waals surface area contributed by atoms with Crippen LogP contribution in [-0.4, -0.2) is 38.9 Å². The Balaban J connectivity index is 3.07. The van der Waals surface area contributed by atoms with Crippen molar-refractivity contribution in [3.8, 4) is 0 Å². The fourth-order valence-corrected chi connectivity index (χ4v) is 0.980. The Bertz CT molecular complexity index is 181. The van der Waals surface area contributed by atoms with Crippen molar-refractivity contribution in [2.24, 2.45) is 0 Å². The maximum Gasteiger partial charge on any atom is 0.332 e. The molecule has 0 unspecified atom stereocenters. The monoisotopic (exact) mass is 215 g/mol. The van der Waals surface area contributed by atoms with Gasteiger partial charge >= 0.3 is 5.97 Å². The Morgan fingerprint density at radius 2 is 2.20 bits per heavy atom. The predicted octanol–water partition coefficient (Wildman–Crippen LogP) is 1.12. The number of allylic oxidation sites excluding steroid dienone is 1.